The van der Waals surface area contributed by atoms with Crippen molar-refractivity contribution in [2.75, 3.05) is 0 Å². The molecule has 4 aliphatic carbocycles. The minimum atomic E-state index is -0.474. The van der Waals surface area contributed by atoms with Crippen molar-refractivity contribution in [2.45, 2.75) is 111 Å². The number of hydrogen-bond acceptors (Lipinski definition) is 3. The van der Waals surface area contributed by atoms with Gasteiger partial charge in [0.25, 0.3) is 0 Å². The van der Waals surface area contributed by atoms with Gasteiger partial charge in [-0.05, 0) is 130 Å². The van der Waals surface area contributed by atoms with Crippen LogP contribution in [0.2, 0.25) is 0 Å². The molecule has 0 bridgehead atoms. The van der Waals surface area contributed by atoms with E-state index < -0.39 is 5.60 Å². The van der Waals surface area contributed by atoms with E-state index >= 15 is 0 Å². The Labute approximate surface area is 231 Å². The molecule has 5 rings (SSSR count). The number of carbonyl (C=O) groups excluding carboxylic acids is 2. The first-order chi connectivity index (χ1) is 17.9. The number of ketones is 1. The van der Waals surface area contributed by atoms with Gasteiger partial charge in [0.05, 0.1) is 5.56 Å². The highest BCUT2D eigenvalue weighted by atomic mass is 16.6. The average molecular weight is 519 g/mol. The van der Waals surface area contributed by atoms with Crippen LogP contribution in [0.5, 0.6) is 0 Å². The molecule has 3 nitrogen and oxygen atoms in total. The zero-order valence-electron chi connectivity index (χ0n) is 24.7. The molecule has 2 unspecified atom stereocenters. The topological polar surface area (TPSA) is 43.4 Å². The van der Waals surface area contributed by atoms with Crippen LogP contribution in [0, 0.1) is 46.3 Å². The monoisotopic (exact) mass is 518 g/mol. The Morgan fingerprint density at radius 1 is 1.05 bits per heavy atom. The zero-order valence-corrected chi connectivity index (χ0v) is 24.7. The fourth-order valence-corrected chi connectivity index (χ4v) is 9.55. The van der Waals surface area contributed by atoms with Gasteiger partial charge in [-0.2, -0.15) is 0 Å². The molecule has 0 amide bonds. The molecule has 0 aromatic heterocycles. The van der Waals surface area contributed by atoms with E-state index in [9.17, 15) is 9.59 Å². The second-order valence-corrected chi connectivity index (χ2v) is 14.7. The summed E-state index contributed by atoms with van der Waals surface area (Å²) >= 11 is 0. The largest absolute Gasteiger partial charge is 0.456 e. The van der Waals surface area contributed by atoms with Gasteiger partial charge < -0.3 is 4.74 Å². The summed E-state index contributed by atoms with van der Waals surface area (Å²) in [6, 6.07) is 9.30. The van der Waals surface area contributed by atoms with Crippen LogP contribution < -0.4 is 0 Å². The van der Waals surface area contributed by atoms with Crippen LogP contribution in [0.15, 0.2) is 42.0 Å². The van der Waals surface area contributed by atoms with Crippen molar-refractivity contribution in [2.24, 2.45) is 46.3 Å². The summed E-state index contributed by atoms with van der Waals surface area (Å²) < 4.78 is 5.89. The van der Waals surface area contributed by atoms with Crippen molar-refractivity contribution in [1.29, 1.82) is 0 Å². The fourth-order valence-electron chi connectivity index (χ4n) is 9.55. The van der Waals surface area contributed by atoms with E-state index in [1.54, 1.807) is 0 Å². The first-order valence-electron chi connectivity index (χ1n) is 15.5. The van der Waals surface area contributed by atoms with E-state index in [0.29, 0.717) is 35.0 Å². The third-order valence-electron chi connectivity index (χ3n) is 11.8. The van der Waals surface area contributed by atoms with Gasteiger partial charge in [-0.25, -0.2) is 4.79 Å². The summed E-state index contributed by atoms with van der Waals surface area (Å²) in [5, 5.41) is 0. The highest BCUT2D eigenvalue weighted by molar-refractivity contribution is 5.94. The molecule has 3 heteroatoms. The minimum Gasteiger partial charge on any atom is -0.456 e. The molecular weight excluding hydrogens is 468 g/mol. The van der Waals surface area contributed by atoms with Crippen LogP contribution in [-0.4, -0.2) is 17.4 Å². The van der Waals surface area contributed by atoms with Crippen LogP contribution in [0.25, 0.3) is 0 Å². The van der Waals surface area contributed by atoms with Gasteiger partial charge in [-0.1, -0.05) is 57.9 Å². The van der Waals surface area contributed by atoms with Gasteiger partial charge in [0, 0.05) is 5.92 Å². The number of rotatable bonds is 7. The highest BCUT2D eigenvalue weighted by Gasteiger charge is 2.61. The molecule has 0 N–H and O–H groups in total. The molecule has 1 aromatic rings. The van der Waals surface area contributed by atoms with Crippen molar-refractivity contribution >= 4 is 11.8 Å². The van der Waals surface area contributed by atoms with Crippen LogP contribution in [0.1, 0.15) is 116 Å². The van der Waals surface area contributed by atoms with Gasteiger partial charge >= 0.3 is 5.97 Å². The van der Waals surface area contributed by atoms with E-state index in [-0.39, 0.29) is 22.7 Å². The summed E-state index contributed by atoms with van der Waals surface area (Å²) in [5.41, 5.74) is 2.14. The zero-order chi connectivity index (χ0) is 27.3. The lowest BCUT2D eigenvalue weighted by atomic mass is 9.46. The summed E-state index contributed by atoms with van der Waals surface area (Å²) in [7, 11) is 0. The summed E-state index contributed by atoms with van der Waals surface area (Å²) in [4.78, 5) is 26.2. The Morgan fingerprint density at radius 3 is 2.53 bits per heavy atom. The number of ether oxygens (including phenoxy) is 1. The molecule has 3 fully saturated rings. The van der Waals surface area contributed by atoms with Gasteiger partial charge in [0.2, 0.25) is 0 Å². The molecule has 0 saturated heterocycles. The molecule has 0 heterocycles. The smallest absolute Gasteiger partial charge is 0.338 e. The van der Waals surface area contributed by atoms with Gasteiger partial charge in [0.1, 0.15) is 5.60 Å². The average Bonchev–Trinajstić information content (AvgIpc) is 3.22. The maximum Gasteiger partial charge on any atom is 0.338 e. The Kier molecular flexibility index (Phi) is 7.46. The van der Waals surface area contributed by atoms with Gasteiger partial charge in [0.15, 0.2) is 5.78 Å². The third-order valence-corrected chi connectivity index (χ3v) is 11.8. The van der Waals surface area contributed by atoms with Crippen molar-refractivity contribution in [1.82, 2.24) is 0 Å². The lowest BCUT2D eigenvalue weighted by molar-refractivity contribution is -0.134. The maximum atomic E-state index is 13.6. The number of hydrogen-bond donors (Lipinski definition) is 0. The molecule has 1 aromatic carbocycles. The maximum absolute atomic E-state index is 13.6. The summed E-state index contributed by atoms with van der Waals surface area (Å²) in [5.74, 6) is 3.58. The van der Waals surface area contributed by atoms with Crippen LogP contribution in [0.3, 0.4) is 0 Å². The van der Waals surface area contributed by atoms with E-state index in [1.807, 2.05) is 44.2 Å². The lowest BCUT2D eigenvalue weighted by Crippen LogP contribution is -2.53. The summed E-state index contributed by atoms with van der Waals surface area (Å²) in [6.45, 7) is 13.9. The van der Waals surface area contributed by atoms with E-state index in [4.69, 9.17) is 4.74 Å². The Balaban J connectivity index is 1.21. The summed E-state index contributed by atoms with van der Waals surface area (Å²) in [6.07, 6.45) is 13.9. The predicted octanol–water partition coefficient (Wildman–Crippen LogP) is 8.82. The second-order valence-electron chi connectivity index (χ2n) is 14.7. The molecular formula is C35H50O3. The number of carbonyl (C=O) groups is 2. The lowest BCUT2D eigenvalue weighted by Gasteiger charge is -2.57. The number of esters is 1. The molecule has 0 radical (unpaired) electrons. The second kappa shape index (κ2) is 10.3. The number of benzene rings is 1. The highest BCUT2D eigenvalue weighted by Crippen LogP contribution is 2.67. The molecule has 38 heavy (non-hydrogen) atoms. The SMILES string of the molecule is C[C@H]1CCC2(C)C(=CC(=O)[C@@H]3C2CC[C@]2(C)[C@@H]([C@H](C)CCCC(C)(C)OC(=O)c4ccccc4)CC[C@@H]32)C1. The van der Waals surface area contributed by atoms with Crippen LogP contribution in [0.4, 0.5) is 0 Å². The van der Waals surface area contributed by atoms with Crippen molar-refractivity contribution in [3.63, 3.8) is 0 Å². The van der Waals surface area contributed by atoms with Crippen LogP contribution in [-0.2, 0) is 9.53 Å². The Hall–Kier alpha value is -1.90. The number of fused-ring (bicyclic) bond motifs is 5. The molecule has 0 aliphatic heterocycles. The molecule has 208 valence electrons. The van der Waals surface area contributed by atoms with Crippen molar-refractivity contribution in [3.05, 3.63) is 47.5 Å². The molecule has 0 spiro atoms. The minimum absolute atomic E-state index is 0.234. The van der Waals surface area contributed by atoms with Gasteiger partial charge in [-0.3, -0.25) is 4.79 Å². The first-order valence-corrected chi connectivity index (χ1v) is 15.5. The third kappa shape index (κ3) is 4.92. The van der Waals surface area contributed by atoms with Gasteiger partial charge in [-0.15, -0.1) is 0 Å². The molecule has 4 aliphatic rings. The van der Waals surface area contributed by atoms with E-state index in [0.717, 1.165) is 31.6 Å². The van der Waals surface area contributed by atoms with Crippen LogP contribution >= 0.6 is 0 Å². The fraction of sp³-hybridized carbons (Fsp3) is 0.714. The predicted molar refractivity (Wildman–Crippen MR) is 154 cm³/mol. The van der Waals surface area contributed by atoms with Crippen molar-refractivity contribution in [3.8, 4) is 0 Å². The molecule has 8 atom stereocenters. The van der Waals surface area contributed by atoms with Crippen molar-refractivity contribution < 1.29 is 14.3 Å². The Bertz CT molecular complexity index is 1070. The standard InChI is InChI=1S/C35H50O3/c1-23-16-19-34(5)26(21-23)22-30(36)31-28-15-14-27(35(28,6)20-17-29(31)34)24(2)11-10-18-33(3,4)38-32(37)25-12-8-7-9-13-25/h7-9,12-13,22-24,27-29,31H,10-11,14-21H2,1-6H3/t23-,24+,27+,28-,29?,31-,34?,35+/m0/s1. The quantitative estimate of drug-likeness (QED) is 0.339. The Morgan fingerprint density at radius 2 is 1.79 bits per heavy atom. The van der Waals surface area contributed by atoms with E-state index in [2.05, 4.69) is 33.8 Å². The normalized spacial score (nSPS) is 37.5. The number of allylic oxidation sites excluding steroid dienone is 2. The first kappa shape index (κ1) is 27.7. The molecule has 3 saturated carbocycles. The van der Waals surface area contributed by atoms with E-state index in [1.165, 1.54) is 44.1 Å².